The van der Waals surface area contributed by atoms with Crippen molar-refractivity contribution in [2.24, 2.45) is 0 Å². The first-order chi connectivity index (χ1) is 14.1. The Kier molecular flexibility index (Phi) is 7.27. The van der Waals surface area contributed by atoms with Crippen LogP contribution in [0.4, 0.5) is 26.3 Å². The summed E-state index contributed by atoms with van der Waals surface area (Å²) in [6.07, 6.45) is -11.9. The van der Waals surface area contributed by atoms with E-state index < -0.39 is 60.7 Å². The largest absolute Gasteiger partial charge is 0.494 e. The number of halogens is 10. The first-order valence-electron chi connectivity index (χ1n) is 7.92. The monoisotopic (exact) mass is 528 g/mol. The van der Waals surface area contributed by atoms with Crippen LogP contribution < -0.4 is 9.47 Å². The van der Waals surface area contributed by atoms with E-state index in [1.54, 1.807) is 0 Å². The molecule has 0 unspecified atom stereocenters. The van der Waals surface area contributed by atoms with Gasteiger partial charge < -0.3 is 9.47 Å². The van der Waals surface area contributed by atoms with Crippen molar-refractivity contribution in [2.45, 2.75) is 24.7 Å². The molecule has 0 atom stereocenters. The lowest BCUT2D eigenvalue weighted by Gasteiger charge is -2.38. The van der Waals surface area contributed by atoms with Gasteiger partial charge in [0.1, 0.15) is 0 Å². The SMILES string of the molecule is COc1c(Cl)cc(C(c2cc(Cl)c(OC(C)=O)c(Cl)c2)(C(F)(F)F)C(F)(F)F)cc1Cl. The minimum absolute atomic E-state index is 0.313. The summed E-state index contributed by atoms with van der Waals surface area (Å²) in [6.45, 7) is 0.942. The molecule has 0 fully saturated rings. The van der Waals surface area contributed by atoms with Crippen molar-refractivity contribution < 1.29 is 40.6 Å². The summed E-state index contributed by atoms with van der Waals surface area (Å²) in [6, 6.07) is 1.60. The fraction of sp³-hybridized carbons (Fsp3) is 0.278. The van der Waals surface area contributed by atoms with Gasteiger partial charge in [-0.15, -0.1) is 0 Å². The van der Waals surface area contributed by atoms with Crippen LogP contribution >= 0.6 is 46.4 Å². The van der Waals surface area contributed by atoms with Crippen LogP contribution in [0.3, 0.4) is 0 Å². The van der Waals surface area contributed by atoms with Crippen LogP contribution in [0.5, 0.6) is 11.5 Å². The predicted octanol–water partition coefficient (Wildman–Crippen LogP) is 7.64. The number of carbonyl (C=O) groups is 1. The molecule has 0 heterocycles. The number of hydrogen-bond donors (Lipinski definition) is 0. The van der Waals surface area contributed by atoms with E-state index in [1.807, 2.05) is 0 Å². The molecule has 31 heavy (non-hydrogen) atoms. The maximum Gasteiger partial charge on any atom is 0.411 e. The standard InChI is InChI=1S/C18H10Cl4F6O3/c1-7(29)31-15-12(21)5-9(6-13(15)22)16(17(23,24)25,18(26,27)28)8-3-10(19)14(30-2)11(20)4-8/h3-6H,1-2H3. The van der Waals surface area contributed by atoms with Gasteiger partial charge in [0.05, 0.1) is 27.2 Å². The number of ether oxygens (including phenoxy) is 2. The maximum absolute atomic E-state index is 14.3. The summed E-state index contributed by atoms with van der Waals surface area (Å²) >= 11 is 23.3. The quantitative estimate of drug-likeness (QED) is 0.232. The molecule has 2 aromatic rings. The molecule has 0 amide bonds. The predicted molar refractivity (Wildman–Crippen MR) is 104 cm³/mol. The van der Waals surface area contributed by atoms with Crippen molar-refractivity contribution in [3.05, 3.63) is 55.5 Å². The molecule has 0 saturated carbocycles. The number of esters is 1. The third-order valence-corrected chi connectivity index (χ3v) is 5.29. The van der Waals surface area contributed by atoms with Gasteiger partial charge >= 0.3 is 18.3 Å². The minimum atomic E-state index is -5.96. The zero-order valence-corrected chi connectivity index (χ0v) is 18.3. The molecular weight excluding hydrogens is 520 g/mol. The molecular formula is C18H10Cl4F6O3. The number of alkyl halides is 6. The molecule has 2 rings (SSSR count). The van der Waals surface area contributed by atoms with E-state index in [-0.39, 0.29) is 5.75 Å². The van der Waals surface area contributed by atoms with Gasteiger partial charge in [-0.2, -0.15) is 26.3 Å². The molecule has 0 saturated heterocycles. The highest BCUT2D eigenvalue weighted by Gasteiger charge is 2.73. The van der Waals surface area contributed by atoms with Crippen molar-refractivity contribution >= 4 is 52.4 Å². The molecule has 0 aliphatic rings. The molecule has 0 spiro atoms. The Morgan fingerprint density at radius 3 is 1.32 bits per heavy atom. The first kappa shape index (κ1) is 25.7. The Balaban J connectivity index is 3.00. The number of methoxy groups -OCH3 is 1. The van der Waals surface area contributed by atoms with Crippen molar-refractivity contribution in [3.8, 4) is 11.5 Å². The smallest absolute Gasteiger partial charge is 0.411 e. The molecule has 0 bridgehead atoms. The van der Waals surface area contributed by atoms with Crippen LogP contribution in [0.2, 0.25) is 20.1 Å². The van der Waals surface area contributed by atoms with Gasteiger partial charge in [0, 0.05) is 6.92 Å². The number of benzene rings is 2. The van der Waals surface area contributed by atoms with Crippen LogP contribution in [-0.2, 0) is 10.2 Å². The highest BCUT2D eigenvalue weighted by Crippen LogP contribution is 2.58. The lowest BCUT2D eigenvalue weighted by atomic mass is 9.73. The average Bonchev–Trinajstić information content (AvgIpc) is 2.55. The highest BCUT2D eigenvalue weighted by molar-refractivity contribution is 6.38. The van der Waals surface area contributed by atoms with E-state index in [2.05, 4.69) is 4.74 Å². The van der Waals surface area contributed by atoms with E-state index in [1.165, 1.54) is 0 Å². The third kappa shape index (κ3) is 4.51. The summed E-state index contributed by atoms with van der Waals surface area (Å²) in [7, 11) is 1.08. The third-order valence-electron chi connectivity index (χ3n) is 4.16. The maximum atomic E-state index is 14.3. The molecule has 0 aliphatic heterocycles. The zero-order valence-electron chi connectivity index (χ0n) is 15.3. The minimum Gasteiger partial charge on any atom is -0.494 e. The van der Waals surface area contributed by atoms with Gasteiger partial charge in [0.15, 0.2) is 11.5 Å². The second-order valence-corrected chi connectivity index (χ2v) is 7.71. The zero-order chi connectivity index (χ0) is 23.9. The molecule has 0 aliphatic carbocycles. The van der Waals surface area contributed by atoms with Crippen molar-refractivity contribution in [1.29, 1.82) is 0 Å². The normalized spacial score (nSPS) is 12.6. The summed E-state index contributed by atoms with van der Waals surface area (Å²) in [4.78, 5) is 11.1. The molecule has 3 nitrogen and oxygen atoms in total. The molecule has 13 heteroatoms. The molecule has 2 aromatic carbocycles. The molecule has 0 radical (unpaired) electrons. The van der Waals surface area contributed by atoms with Crippen LogP contribution in [0.25, 0.3) is 0 Å². The van der Waals surface area contributed by atoms with Gasteiger partial charge in [-0.25, -0.2) is 0 Å². The van der Waals surface area contributed by atoms with Crippen LogP contribution in [0, 0.1) is 0 Å². The van der Waals surface area contributed by atoms with Gasteiger partial charge in [0.2, 0.25) is 5.41 Å². The topological polar surface area (TPSA) is 35.5 Å². The van der Waals surface area contributed by atoms with Crippen LogP contribution in [-0.4, -0.2) is 25.4 Å². The fourth-order valence-electron chi connectivity index (χ4n) is 2.97. The van der Waals surface area contributed by atoms with E-state index in [9.17, 15) is 31.1 Å². The van der Waals surface area contributed by atoms with Crippen molar-refractivity contribution in [3.63, 3.8) is 0 Å². The number of carbonyl (C=O) groups excluding carboxylic acids is 1. The van der Waals surface area contributed by atoms with Crippen molar-refractivity contribution in [1.82, 2.24) is 0 Å². The summed E-state index contributed by atoms with van der Waals surface area (Å²) < 4.78 is 95.0. The molecule has 0 aromatic heterocycles. The Morgan fingerprint density at radius 1 is 0.742 bits per heavy atom. The average molecular weight is 530 g/mol. The number of rotatable bonds is 4. The lowest BCUT2D eigenvalue weighted by molar-refractivity contribution is -0.288. The Hall–Kier alpha value is -1.55. The lowest BCUT2D eigenvalue weighted by Crippen LogP contribution is -2.54. The molecule has 170 valence electrons. The van der Waals surface area contributed by atoms with E-state index >= 15 is 0 Å². The van der Waals surface area contributed by atoms with E-state index in [0.29, 0.717) is 24.3 Å². The summed E-state index contributed by atoms with van der Waals surface area (Å²) in [5, 5.41) is -2.67. The second-order valence-electron chi connectivity index (χ2n) is 6.08. The van der Waals surface area contributed by atoms with Crippen LogP contribution in [0.15, 0.2) is 24.3 Å². The Morgan fingerprint density at radius 2 is 1.06 bits per heavy atom. The first-order valence-corrected chi connectivity index (χ1v) is 9.44. The van der Waals surface area contributed by atoms with Crippen molar-refractivity contribution in [2.75, 3.05) is 7.11 Å². The van der Waals surface area contributed by atoms with Gasteiger partial charge in [-0.3, -0.25) is 4.79 Å². The molecule has 0 N–H and O–H groups in total. The van der Waals surface area contributed by atoms with E-state index in [4.69, 9.17) is 51.1 Å². The van der Waals surface area contributed by atoms with Crippen LogP contribution in [0.1, 0.15) is 18.1 Å². The fourth-order valence-corrected chi connectivity index (χ4v) is 4.18. The summed E-state index contributed by atoms with van der Waals surface area (Å²) in [5.41, 5.74) is -7.38. The van der Waals surface area contributed by atoms with Gasteiger partial charge in [-0.05, 0) is 35.4 Å². The highest BCUT2D eigenvalue weighted by atomic mass is 35.5. The van der Waals surface area contributed by atoms with Gasteiger partial charge in [-0.1, -0.05) is 46.4 Å². The number of hydrogen-bond acceptors (Lipinski definition) is 3. The van der Waals surface area contributed by atoms with E-state index in [0.717, 1.165) is 14.0 Å². The second kappa shape index (κ2) is 8.77. The Bertz CT molecular complexity index is 960. The van der Waals surface area contributed by atoms with Gasteiger partial charge in [0.25, 0.3) is 0 Å². The Labute approximate surface area is 191 Å². The summed E-state index contributed by atoms with van der Waals surface area (Å²) in [5.74, 6) is -1.85.